The smallest absolute Gasteiger partial charge is 0.335 e. The van der Waals surface area contributed by atoms with E-state index in [1.54, 1.807) is 18.2 Å². The van der Waals surface area contributed by atoms with Crippen LogP contribution in [0, 0.1) is 29.1 Å². The van der Waals surface area contributed by atoms with E-state index >= 15 is 0 Å². The van der Waals surface area contributed by atoms with Crippen LogP contribution in [0.2, 0.25) is 0 Å². The maximum Gasteiger partial charge on any atom is 0.335 e. The number of fused-ring (bicyclic) bond motifs is 2. The summed E-state index contributed by atoms with van der Waals surface area (Å²) in [5.41, 5.74) is 1.71. The molecule has 0 spiro atoms. The van der Waals surface area contributed by atoms with Crippen molar-refractivity contribution < 1.29 is 14.7 Å². The van der Waals surface area contributed by atoms with E-state index in [9.17, 15) is 14.7 Å². The monoisotopic (exact) mass is 384 g/mol. The van der Waals surface area contributed by atoms with Gasteiger partial charge >= 0.3 is 5.97 Å². The molecule has 0 aromatic heterocycles. The zero-order chi connectivity index (χ0) is 19.9. The van der Waals surface area contributed by atoms with Gasteiger partial charge in [0, 0.05) is 31.2 Å². The number of carbonyl (C=O) groups is 2. The van der Waals surface area contributed by atoms with Gasteiger partial charge in [0.2, 0.25) is 5.91 Å². The van der Waals surface area contributed by atoms with Crippen LogP contribution in [-0.4, -0.2) is 36.6 Å². The standard InChI is InChI=1S/C23H32N2O3/c1-23(2)18-7-6-17(20(23)13-18)14-24-21(26)15-8-10-25(11-9-15)19-5-3-4-16(12-19)22(27)28/h3-5,12,15,17-18,20H,6-11,13-14H2,1-2H3,(H,24,26)(H,27,28)/t17-,18-,20-/m0/s1. The fourth-order valence-corrected chi connectivity index (χ4v) is 5.82. The minimum atomic E-state index is -0.903. The number of piperidine rings is 1. The number of nitrogens with zero attached hydrogens (tertiary/aromatic N) is 1. The number of nitrogens with one attached hydrogen (secondary N) is 1. The molecule has 2 N–H and O–H groups in total. The number of carbonyl (C=O) groups excluding carboxylic acids is 1. The Bertz CT molecular complexity index is 750. The Morgan fingerprint density at radius 3 is 2.57 bits per heavy atom. The van der Waals surface area contributed by atoms with Crippen LogP contribution in [0.3, 0.4) is 0 Å². The van der Waals surface area contributed by atoms with Gasteiger partial charge in [-0.05, 0) is 73.5 Å². The van der Waals surface area contributed by atoms with Crippen LogP contribution in [0.1, 0.15) is 56.3 Å². The second kappa shape index (κ2) is 7.41. The van der Waals surface area contributed by atoms with Crippen molar-refractivity contribution in [3.05, 3.63) is 29.8 Å². The van der Waals surface area contributed by atoms with E-state index in [-0.39, 0.29) is 11.8 Å². The second-order valence-corrected chi connectivity index (χ2v) is 9.56. The molecule has 0 radical (unpaired) electrons. The van der Waals surface area contributed by atoms with Crippen LogP contribution in [0.4, 0.5) is 5.69 Å². The fourth-order valence-electron chi connectivity index (χ4n) is 5.82. The molecule has 152 valence electrons. The van der Waals surface area contributed by atoms with Crippen molar-refractivity contribution in [2.45, 2.75) is 46.0 Å². The summed E-state index contributed by atoms with van der Waals surface area (Å²) in [6.45, 7) is 7.22. The van der Waals surface area contributed by atoms with Crippen LogP contribution in [-0.2, 0) is 4.79 Å². The molecule has 3 aliphatic carbocycles. The predicted molar refractivity (Wildman–Crippen MR) is 109 cm³/mol. The van der Waals surface area contributed by atoms with E-state index in [0.29, 0.717) is 16.9 Å². The molecule has 2 bridgehead atoms. The number of carboxylic acid groups (broad SMARTS) is 1. The zero-order valence-corrected chi connectivity index (χ0v) is 17.0. The first-order chi connectivity index (χ1) is 13.4. The third kappa shape index (κ3) is 3.51. The van der Waals surface area contributed by atoms with Gasteiger partial charge in [-0.2, -0.15) is 0 Å². The summed E-state index contributed by atoms with van der Waals surface area (Å²) in [6.07, 6.45) is 5.58. The van der Waals surface area contributed by atoms with Crippen LogP contribution in [0.5, 0.6) is 0 Å². The number of anilines is 1. The topological polar surface area (TPSA) is 69.6 Å². The maximum atomic E-state index is 12.7. The first kappa shape index (κ1) is 19.3. The van der Waals surface area contributed by atoms with Crippen molar-refractivity contribution in [2.75, 3.05) is 24.5 Å². The van der Waals surface area contributed by atoms with Crippen molar-refractivity contribution in [3.63, 3.8) is 0 Å². The summed E-state index contributed by atoms with van der Waals surface area (Å²) < 4.78 is 0. The van der Waals surface area contributed by atoms with Crippen molar-refractivity contribution in [1.82, 2.24) is 5.32 Å². The van der Waals surface area contributed by atoms with Crippen LogP contribution < -0.4 is 10.2 Å². The third-order valence-corrected chi connectivity index (χ3v) is 7.86. The molecule has 1 heterocycles. The van der Waals surface area contributed by atoms with Gasteiger partial charge in [0.15, 0.2) is 0 Å². The molecule has 4 aliphatic rings. The molecular formula is C23H32N2O3. The van der Waals surface area contributed by atoms with Gasteiger partial charge in [-0.1, -0.05) is 19.9 Å². The number of amides is 1. The van der Waals surface area contributed by atoms with Gasteiger partial charge in [-0.25, -0.2) is 4.79 Å². The molecule has 0 unspecified atom stereocenters. The molecule has 1 saturated heterocycles. The molecule has 3 atom stereocenters. The highest BCUT2D eigenvalue weighted by Crippen LogP contribution is 2.61. The number of hydrogen-bond acceptors (Lipinski definition) is 3. The highest BCUT2D eigenvalue weighted by molar-refractivity contribution is 5.88. The minimum absolute atomic E-state index is 0.0737. The largest absolute Gasteiger partial charge is 0.478 e. The quantitative estimate of drug-likeness (QED) is 0.810. The van der Waals surface area contributed by atoms with E-state index in [1.165, 1.54) is 19.3 Å². The average molecular weight is 385 g/mol. The molecule has 1 aromatic rings. The molecule has 1 aliphatic heterocycles. The van der Waals surface area contributed by atoms with Crippen molar-refractivity contribution >= 4 is 17.6 Å². The van der Waals surface area contributed by atoms with Gasteiger partial charge < -0.3 is 15.3 Å². The Morgan fingerprint density at radius 1 is 1.18 bits per heavy atom. The van der Waals surface area contributed by atoms with Gasteiger partial charge in [0.25, 0.3) is 0 Å². The molecule has 1 aromatic carbocycles. The van der Waals surface area contributed by atoms with Crippen molar-refractivity contribution in [3.8, 4) is 0 Å². The number of benzene rings is 1. The Kier molecular flexibility index (Phi) is 5.11. The van der Waals surface area contributed by atoms with E-state index in [1.807, 2.05) is 6.07 Å². The summed E-state index contributed by atoms with van der Waals surface area (Å²) >= 11 is 0. The molecule has 4 fully saturated rings. The van der Waals surface area contributed by atoms with E-state index in [0.717, 1.165) is 50.0 Å². The Morgan fingerprint density at radius 2 is 1.93 bits per heavy atom. The summed E-state index contributed by atoms with van der Waals surface area (Å²) in [7, 11) is 0. The fraction of sp³-hybridized carbons (Fsp3) is 0.652. The molecule has 5 nitrogen and oxygen atoms in total. The average Bonchev–Trinajstić information content (AvgIpc) is 2.72. The lowest BCUT2D eigenvalue weighted by Gasteiger charge is -2.60. The van der Waals surface area contributed by atoms with Crippen molar-refractivity contribution in [1.29, 1.82) is 0 Å². The molecule has 28 heavy (non-hydrogen) atoms. The molecule has 1 amide bonds. The second-order valence-electron chi connectivity index (χ2n) is 9.56. The lowest BCUT2D eigenvalue weighted by molar-refractivity contribution is -0.128. The zero-order valence-electron chi connectivity index (χ0n) is 17.0. The van der Waals surface area contributed by atoms with Gasteiger partial charge in [-0.15, -0.1) is 0 Å². The summed E-state index contributed by atoms with van der Waals surface area (Å²) in [4.78, 5) is 26.1. The van der Waals surface area contributed by atoms with E-state index in [4.69, 9.17) is 0 Å². The molecular weight excluding hydrogens is 352 g/mol. The first-order valence-corrected chi connectivity index (χ1v) is 10.7. The van der Waals surface area contributed by atoms with Crippen molar-refractivity contribution in [2.24, 2.45) is 29.1 Å². The minimum Gasteiger partial charge on any atom is -0.478 e. The van der Waals surface area contributed by atoms with Gasteiger partial charge in [0.05, 0.1) is 5.56 Å². The predicted octanol–water partition coefficient (Wildman–Crippen LogP) is 3.79. The normalized spacial score (nSPS) is 29.1. The van der Waals surface area contributed by atoms with E-state index in [2.05, 4.69) is 24.1 Å². The Labute approximate surface area is 167 Å². The lowest BCUT2D eigenvalue weighted by Crippen LogP contribution is -2.55. The summed E-state index contributed by atoms with van der Waals surface area (Å²) in [5.74, 6) is 1.69. The SMILES string of the molecule is CC1(C)[C@H]2CC[C@@H](CNC(=O)C3CCN(c4cccc(C(=O)O)c4)CC3)[C@@H]1C2. The van der Waals surface area contributed by atoms with Crippen LogP contribution in [0.15, 0.2) is 24.3 Å². The summed E-state index contributed by atoms with van der Waals surface area (Å²) in [5, 5.41) is 12.4. The van der Waals surface area contributed by atoms with Gasteiger partial charge in [-0.3, -0.25) is 4.79 Å². The highest BCUT2D eigenvalue weighted by Gasteiger charge is 2.53. The highest BCUT2D eigenvalue weighted by atomic mass is 16.4. The number of rotatable bonds is 5. The lowest BCUT2D eigenvalue weighted by atomic mass is 9.45. The first-order valence-electron chi connectivity index (χ1n) is 10.7. The van der Waals surface area contributed by atoms with Crippen LogP contribution in [0.25, 0.3) is 0 Å². The molecule has 3 saturated carbocycles. The number of hydrogen-bond donors (Lipinski definition) is 2. The van der Waals surface area contributed by atoms with Gasteiger partial charge in [0.1, 0.15) is 0 Å². The summed E-state index contributed by atoms with van der Waals surface area (Å²) in [6, 6.07) is 7.07. The third-order valence-electron chi connectivity index (χ3n) is 7.86. The Balaban J connectivity index is 1.26. The van der Waals surface area contributed by atoms with Crippen LogP contribution >= 0.6 is 0 Å². The number of aromatic carboxylic acids is 1. The Hall–Kier alpha value is -2.04. The maximum absolute atomic E-state index is 12.7. The number of carboxylic acids is 1. The molecule has 5 heteroatoms. The molecule has 5 rings (SSSR count). The van der Waals surface area contributed by atoms with E-state index < -0.39 is 5.97 Å².